The van der Waals surface area contributed by atoms with Crippen molar-refractivity contribution < 1.29 is 19.2 Å². The number of nitro benzene ring substituents is 1. The van der Waals surface area contributed by atoms with E-state index in [4.69, 9.17) is 9.47 Å². The summed E-state index contributed by atoms with van der Waals surface area (Å²) in [6.45, 7) is 0.766. The Morgan fingerprint density at radius 2 is 1.83 bits per heavy atom. The molecular weight excluding hydrogens is 380 g/mol. The Kier molecular flexibility index (Phi) is 4.67. The fourth-order valence-corrected chi connectivity index (χ4v) is 3.33. The molecule has 4 rings (SSSR count). The topological polar surface area (TPSA) is 118 Å². The molecule has 10 nitrogen and oxygen atoms in total. The molecule has 0 saturated carbocycles. The molecule has 0 unspecified atom stereocenters. The number of carbonyl (C=O) groups is 1. The maximum Gasteiger partial charge on any atom is 0.328 e. The van der Waals surface area contributed by atoms with Crippen molar-refractivity contribution in [1.29, 1.82) is 0 Å². The van der Waals surface area contributed by atoms with Gasteiger partial charge in [0.2, 0.25) is 5.91 Å². The number of nitrogens with zero attached hydrogens (tertiary/aromatic N) is 3. The van der Waals surface area contributed by atoms with E-state index >= 15 is 0 Å². The van der Waals surface area contributed by atoms with Crippen LogP contribution in [0, 0.1) is 10.1 Å². The van der Waals surface area contributed by atoms with Crippen molar-refractivity contribution in [3.8, 4) is 11.5 Å². The first-order valence-corrected chi connectivity index (χ1v) is 8.98. The summed E-state index contributed by atoms with van der Waals surface area (Å²) in [5, 5.41) is 13.9. The van der Waals surface area contributed by atoms with Crippen LogP contribution >= 0.6 is 0 Å². The lowest BCUT2D eigenvalue weighted by Gasteiger charge is -2.19. The maximum atomic E-state index is 12.5. The van der Waals surface area contributed by atoms with Crippen LogP contribution in [-0.4, -0.2) is 33.2 Å². The second-order valence-electron chi connectivity index (χ2n) is 6.55. The second kappa shape index (κ2) is 7.30. The Labute approximate surface area is 164 Å². The van der Waals surface area contributed by atoms with E-state index < -0.39 is 10.8 Å². The number of hydrogen-bond donors (Lipinski definition) is 1. The molecule has 1 aliphatic rings. The molecule has 150 valence electrons. The van der Waals surface area contributed by atoms with Gasteiger partial charge in [-0.15, -0.1) is 0 Å². The molecule has 3 aromatic rings. The molecule has 0 bridgehead atoms. The van der Waals surface area contributed by atoms with Gasteiger partial charge < -0.3 is 14.8 Å². The predicted molar refractivity (Wildman–Crippen MR) is 105 cm³/mol. The van der Waals surface area contributed by atoms with Crippen LogP contribution in [0.3, 0.4) is 0 Å². The van der Waals surface area contributed by atoms with Gasteiger partial charge in [-0.3, -0.25) is 24.0 Å². The van der Waals surface area contributed by atoms with Gasteiger partial charge in [-0.2, -0.15) is 0 Å². The molecule has 1 N–H and O–H groups in total. The van der Waals surface area contributed by atoms with Crippen LogP contribution < -0.4 is 20.5 Å². The van der Waals surface area contributed by atoms with Gasteiger partial charge in [0.15, 0.2) is 11.5 Å². The number of aryl methyl sites for hydroxylation is 2. The van der Waals surface area contributed by atoms with Crippen molar-refractivity contribution in [2.45, 2.75) is 13.0 Å². The molecule has 2 heterocycles. The monoisotopic (exact) mass is 398 g/mol. The summed E-state index contributed by atoms with van der Waals surface area (Å²) in [6, 6.07) is 9.90. The summed E-state index contributed by atoms with van der Waals surface area (Å²) in [7, 11) is 1.67. The number of benzene rings is 2. The van der Waals surface area contributed by atoms with Crippen LogP contribution in [0.5, 0.6) is 11.5 Å². The minimum atomic E-state index is -0.594. The number of para-hydroxylation sites is 2. The van der Waals surface area contributed by atoms with Gasteiger partial charge in [0.05, 0.1) is 22.0 Å². The summed E-state index contributed by atoms with van der Waals surface area (Å²) < 4.78 is 13.8. The van der Waals surface area contributed by atoms with Gasteiger partial charge >= 0.3 is 5.69 Å². The minimum absolute atomic E-state index is 0.0227. The quantitative estimate of drug-likeness (QED) is 0.519. The lowest BCUT2D eigenvalue weighted by Crippen LogP contribution is -2.24. The first-order chi connectivity index (χ1) is 14.0. The van der Waals surface area contributed by atoms with Gasteiger partial charge in [0.1, 0.15) is 18.9 Å². The van der Waals surface area contributed by atoms with Crippen molar-refractivity contribution in [1.82, 2.24) is 9.13 Å². The number of nitrogens with one attached hydrogen (secondary N) is 1. The van der Waals surface area contributed by atoms with Crippen molar-refractivity contribution >= 4 is 28.3 Å². The molecule has 0 radical (unpaired) electrons. The highest BCUT2D eigenvalue weighted by molar-refractivity contribution is 5.93. The molecule has 0 spiro atoms. The van der Waals surface area contributed by atoms with Gasteiger partial charge in [-0.05, 0) is 12.1 Å². The highest BCUT2D eigenvalue weighted by Crippen LogP contribution is 2.39. The van der Waals surface area contributed by atoms with Gasteiger partial charge in [0.25, 0.3) is 5.69 Å². The molecule has 10 heteroatoms. The molecule has 29 heavy (non-hydrogen) atoms. The van der Waals surface area contributed by atoms with Crippen LogP contribution in [0.2, 0.25) is 0 Å². The standard InChI is InChI=1S/C19H18N4O6/c1-21-13-4-2-3-5-14(13)22(19(21)25)7-6-18(24)20-12-10-16-17(29-9-8-28-16)11-15(12)23(26)27/h2-5,10-11H,6-9H2,1H3,(H,20,24). The smallest absolute Gasteiger partial charge is 0.328 e. The van der Waals surface area contributed by atoms with E-state index in [0.29, 0.717) is 19.0 Å². The maximum absolute atomic E-state index is 12.5. The van der Waals surface area contributed by atoms with Gasteiger partial charge in [0, 0.05) is 26.1 Å². The number of anilines is 1. The first kappa shape index (κ1) is 18.5. The fraction of sp³-hybridized carbons (Fsp3) is 0.263. The highest BCUT2D eigenvalue weighted by atomic mass is 16.6. The molecule has 2 aromatic carbocycles. The van der Waals surface area contributed by atoms with Crippen molar-refractivity contribution in [2.75, 3.05) is 18.5 Å². The average molecular weight is 398 g/mol. The third kappa shape index (κ3) is 3.40. The average Bonchev–Trinajstić information content (AvgIpc) is 2.96. The highest BCUT2D eigenvalue weighted by Gasteiger charge is 2.23. The zero-order chi connectivity index (χ0) is 20.5. The Balaban J connectivity index is 1.55. The van der Waals surface area contributed by atoms with Gasteiger partial charge in [-0.1, -0.05) is 12.1 Å². The molecule has 1 amide bonds. The predicted octanol–water partition coefficient (Wildman–Crippen LogP) is 2.05. The molecule has 0 fully saturated rings. The first-order valence-electron chi connectivity index (χ1n) is 8.98. The largest absolute Gasteiger partial charge is 0.486 e. The van der Waals surface area contributed by atoms with Crippen molar-refractivity contribution in [2.24, 2.45) is 7.05 Å². The SMILES string of the molecule is Cn1c(=O)n(CCC(=O)Nc2cc3c(cc2[N+](=O)[O-])OCCO3)c2ccccc21. The normalized spacial score (nSPS) is 12.7. The van der Waals surface area contributed by atoms with Crippen molar-refractivity contribution in [3.63, 3.8) is 0 Å². The lowest BCUT2D eigenvalue weighted by atomic mass is 10.2. The van der Waals surface area contributed by atoms with E-state index in [1.54, 1.807) is 13.1 Å². The number of imidazole rings is 1. The molecule has 0 aliphatic carbocycles. The van der Waals surface area contributed by atoms with E-state index in [1.165, 1.54) is 21.3 Å². The number of ether oxygens (including phenoxy) is 2. The van der Waals surface area contributed by atoms with Crippen LogP contribution in [-0.2, 0) is 18.4 Å². The number of aromatic nitrogens is 2. The molecule has 0 atom stereocenters. The van der Waals surface area contributed by atoms with E-state index in [-0.39, 0.29) is 35.8 Å². The third-order valence-electron chi connectivity index (χ3n) is 4.75. The number of fused-ring (bicyclic) bond motifs is 2. The second-order valence-corrected chi connectivity index (χ2v) is 6.55. The summed E-state index contributed by atoms with van der Waals surface area (Å²) in [5.74, 6) is 0.148. The van der Waals surface area contributed by atoms with E-state index in [9.17, 15) is 19.7 Å². The molecular formula is C19H18N4O6. The summed E-state index contributed by atoms with van der Waals surface area (Å²) >= 11 is 0. The molecule has 1 aliphatic heterocycles. The Morgan fingerprint density at radius 1 is 1.17 bits per heavy atom. The number of nitro groups is 1. The van der Waals surface area contributed by atoms with E-state index in [0.717, 1.165) is 11.0 Å². The molecule has 0 saturated heterocycles. The molecule has 1 aromatic heterocycles. The van der Waals surface area contributed by atoms with Crippen LogP contribution in [0.1, 0.15) is 6.42 Å². The third-order valence-corrected chi connectivity index (χ3v) is 4.75. The number of carbonyl (C=O) groups excluding carboxylic acids is 1. The summed E-state index contributed by atoms with van der Waals surface area (Å²) in [5.41, 5.74) is 0.988. The zero-order valence-electron chi connectivity index (χ0n) is 15.6. The number of hydrogen-bond acceptors (Lipinski definition) is 6. The Morgan fingerprint density at radius 3 is 2.52 bits per heavy atom. The Bertz CT molecular complexity index is 1180. The fourth-order valence-electron chi connectivity index (χ4n) is 3.33. The van der Waals surface area contributed by atoms with Gasteiger partial charge in [-0.25, -0.2) is 4.79 Å². The summed E-state index contributed by atoms with van der Waals surface area (Å²) in [6.07, 6.45) is -0.0283. The zero-order valence-corrected chi connectivity index (χ0v) is 15.6. The van der Waals surface area contributed by atoms with Crippen LogP contribution in [0.15, 0.2) is 41.2 Å². The van der Waals surface area contributed by atoms with Crippen LogP contribution in [0.4, 0.5) is 11.4 Å². The number of amides is 1. The lowest BCUT2D eigenvalue weighted by molar-refractivity contribution is -0.384. The van der Waals surface area contributed by atoms with Crippen molar-refractivity contribution in [3.05, 3.63) is 57.0 Å². The van der Waals surface area contributed by atoms with Crippen LogP contribution in [0.25, 0.3) is 11.0 Å². The number of rotatable bonds is 5. The Hall–Kier alpha value is -3.82. The van der Waals surface area contributed by atoms with E-state index in [2.05, 4.69) is 5.32 Å². The summed E-state index contributed by atoms with van der Waals surface area (Å²) in [4.78, 5) is 35.7. The van der Waals surface area contributed by atoms with E-state index in [1.807, 2.05) is 18.2 Å². The minimum Gasteiger partial charge on any atom is -0.486 e.